The summed E-state index contributed by atoms with van der Waals surface area (Å²) in [5.41, 5.74) is 0.728. The van der Waals surface area contributed by atoms with Crippen LogP contribution in [0.5, 0.6) is 0 Å². The molecule has 0 bridgehead atoms. The van der Waals surface area contributed by atoms with E-state index in [1.165, 1.54) is 12.5 Å². The van der Waals surface area contributed by atoms with Gasteiger partial charge in [0.25, 0.3) is 5.91 Å². The largest absolute Gasteiger partial charge is 0.452 e. The number of carbonyl (C=O) groups is 2. The van der Waals surface area contributed by atoms with Crippen molar-refractivity contribution in [2.75, 3.05) is 6.61 Å². The molecule has 1 aromatic rings. The van der Waals surface area contributed by atoms with Crippen LogP contribution in [-0.4, -0.2) is 24.5 Å². The van der Waals surface area contributed by atoms with Crippen LogP contribution in [0.25, 0.3) is 6.08 Å². The molecule has 2 atom stereocenters. The first-order chi connectivity index (χ1) is 11.1. The van der Waals surface area contributed by atoms with Gasteiger partial charge in [0.1, 0.15) is 0 Å². The van der Waals surface area contributed by atoms with E-state index in [2.05, 4.69) is 12.2 Å². The molecular formula is C18H22ClNO3. The Labute approximate surface area is 141 Å². The Bertz CT molecular complexity index is 585. The zero-order chi connectivity index (χ0) is 16.7. The molecule has 1 saturated carbocycles. The van der Waals surface area contributed by atoms with Crippen LogP contribution in [0.4, 0.5) is 0 Å². The van der Waals surface area contributed by atoms with Crippen LogP contribution in [0.15, 0.2) is 30.3 Å². The van der Waals surface area contributed by atoms with Crippen LogP contribution in [0.2, 0.25) is 5.02 Å². The van der Waals surface area contributed by atoms with E-state index in [-0.39, 0.29) is 18.6 Å². The van der Waals surface area contributed by atoms with Gasteiger partial charge in [-0.05, 0) is 36.5 Å². The fraction of sp³-hybridized carbons (Fsp3) is 0.444. The molecule has 0 unspecified atom stereocenters. The number of hydrogen-bond donors (Lipinski definition) is 1. The minimum atomic E-state index is -0.559. The predicted molar refractivity (Wildman–Crippen MR) is 91.0 cm³/mol. The summed E-state index contributed by atoms with van der Waals surface area (Å²) in [6.07, 6.45) is 7.33. The first-order valence-corrected chi connectivity index (χ1v) is 8.33. The van der Waals surface area contributed by atoms with Crippen molar-refractivity contribution in [2.24, 2.45) is 5.92 Å². The summed E-state index contributed by atoms with van der Waals surface area (Å²) < 4.78 is 4.96. The summed E-state index contributed by atoms with van der Waals surface area (Å²) in [6, 6.07) is 7.37. The third-order valence-electron chi connectivity index (χ3n) is 4.11. The Kier molecular flexibility index (Phi) is 6.66. The van der Waals surface area contributed by atoms with Crippen LogP contribution in [0.1, 0.15) is 38.2 Å². The number of ether oxygens (including phenoxy) is 1. The molecule has 1 aromatic carbocycles. The average Bonchev–Trinajstić information content (AvgIpc) is 2.54. The molecule has 23 heavy (non-hydrogen) atoms. The third kappa shape index (κ3) is 5.71. The van der Waals surface area contributed by atoms with Gasteiger partial charge in [0.15, 0.2) is 6.61 Å². The van der Waals surface area contributed by atoms with Crippen molar-refractivity contribution in [1.82, 2.24) is 5.32 Å². The lowest BCUT2D eigenvalue weighted by atomic mass is 9.86. The minimum absolute atomic E-state index is 0.189. The van der Waals surface area contributed by atoms with Crippen LogP contribution in [0.3, 0.4) is 0 Å². The van der Waals surface area contributed by atoms with E-state index in [0.29, 0.717) is 10.9 Å². The molecule has 5 heteroatoms. The second-order valence-electron chi connectivity index (χ2n) is 5.90. The summed E-state index contributed by atoms with van der Waals surface area (Å²) in [6.45, 7) is 1.89. The summed E-state index contributed by atoms with van der Waals surface area (Å²) in [7, 11) is 0. The van der Waals surface area contributed by atoms with Gasteiger partial charge in [-0.2, -0.15) is 0 Å². The molecule has 0 aromatic heterocycles. The highest BCUT2D eigenvalue weighted by atomic mass is 35.5. The topological polar surface area (TPSA) is 55.4 Å². The van der Waals surface area contributed by atoms with E-state index in [0.717, 1.165) is 24.8 Å². The molecule has 0 saturated heterocycles. The molecule has 4 nitrogen and oxygen atoms in total. The van der Waals surface area contributed by atoms with Crippen molar-refractivity contribution < 1.29 is 14.3 Å². The van der Waals surface area contributed by atoms with Gasteiger partial charge >= 0.3 is 5.97 Å². The lowest BCUT2D eigenvalue weighted by Crippen LogP contribution is -2.42. The number of halogens is 1. The number of esters is 1. The quantitative estimate of drug-likeness (QED) is 0.661. The van der Waals surface area contributed by atoms with E-state index in [1.807, 2.05) is 12.1 Å². The monoisotopic (exact) mass is 335 g/mol. The number of rotatable bonds is 5. The number of benzene rings is 1. The van der Waals surface area contributed by atoms with Gasteiger partial charge in [-0.1, -0.05) is 49.6 Å². The van der Waals surface area contributed by atoms with E-state index in [9.17, 15) is 9.59 Å². The molecule has 124 valence electrons. The van der Waals surface area contributed by atoms with E-state index < -0.39 is 5.97 Å². The van der Waals surface area contributed by atoms with Crippen molar-refractivity contribution in [3.63, 3.8) is 0 Å². The van der Waals surface area contributed by atoms with Gasteiger partial charge in [-0.3, -0.25) is 4.79 Å². The zero-order valence-electron chi connectivity index (χ0n) is 13.3. The number of hydrogen-bond acceptors (Lipinski definition) is 3. The molecule has 0 radical (unpaired) electrons. The maximum absolute atomic E-state index is 11.9. The average molecular weight is 336 g/mol. The molecule has 0 heterocycles. The highest BCUT2D eigenvalue weighted by Gasteiger charge is 2.22. The molecule has 1 N–H and O–H groups in total. The van der Waals surface area contributed by atoms with Gasteiger partial charge < -0.3 is 10.1 Å². The Morgan fingerprint density at radius 2 is 2.04 bits per heavy atom. The number of carbonyl (C=O) groups excluding carboxylic acids is 2. The number of amides is 1. The Morgan fingerprint density at radius 3 is 2.78 bits per heavy atom. The highest BCUT2D eigenvalue weighted by Crippen LogP contribution is 2.23. The van der Waals surface area contributed by atoms with Crippen molar-refractivity contribution in [3.05, 3.63) is 40.9 Å². The molecule has 0 aliphatic heterocycles. The fourth-order valence-electron chi connectivity index (χ4n) is 2.73. The first-order valence-electron chi connectivity index (χ1n) is 7.95. The fourth-order valence-corrected chi connectivity index (χ4v) is 2.93. The van der Waals surface area contributed by atoms with Crippen LogP contribution < -0.4 is 5.32 Å². The normalized spacial score (nSPS) is 21.1. The molecule has 0 spiro atoms. The van der Waals surface area contributed by atoms with Crippen molar-refractivity contribution in [1.29, 1.82) is 0 Å². The van der Waals surface area contributed by atoms with Gasteiger partial charge in [-0.25, -0.2) is 4.79 Å². The second kappa shape index (κ2) is 8.73. The molecule has 1 amide bonds. The molecular weight excluding hydrogens is 314 g/mol. The van der Waals surface area contributed by atoms with Gasteiger partial charge in [0, 0.05) is 17.1 Å². The van der Waals surface area contributed by atoms with Crippen molar-refractivity contribution in [2.45, 2.75) is 38.6 Å². The maximum Gasteiger partial charge on any atom is 0.331 e. The highest BCUT2D eigenvalue weighted by molar-refractivity contribution is 6.32. The summed E-state index contributed by atoms with van der Waals surface area (Å²) >= 11 is 5.99. The Morgan fingerprint density at radius 1 is 1.30 bits per heavy atom. The summed E-state index contributed by atoms with van der Waals surface area (Å²) in [5, 5.41) is 3.50. The predicted octanol–water partition coefficient (Wildman–Crippen LogP) is 3.59. The summed E-state index contributed by atoms with van der Waals surface area (Å²) in [5.74, 6) is -0.330. The summed E-state index contributed by atoms with van der Waals surface area (Å²) in [4.78, 5) is 23.5. The third-order valence-corrected chi connectivity index (χ3v) is 4.45. The lowest BCUT2D eigenvalue weighted by Gasteiger charge is -2.29. The van der Waals surface area contributed by atoms with Crippen LogP contribution >= 0.6 is 11.6 Å². The van der Waals surface area contributed by atoms with Crippen molar-refractivity contribution >= 4 is 29.6 Å². The zero-order valence-corrected chi connectivity index (χ0v) is 14.0. The van der Waals surface area contributed by atoms with Gasteiger partial charge in [0.2, 0.25) is 0 Å². The molecule has 1 aliphatic carbocycles. The smallest absolute Gasteiger partial charge is 0.331 e. The lowest BCUT2D eigenvalue weighted by molar-refractivity contribution is -0.144. The number of nitrogens with one attached hydrogen (secondary N) is 1. The Balaban J connectivity index is 1.75. The first kappa shape index (κ1) is 17.5. The standard InChI is InChI=1S/C18H22ClNO3/c1-13-6-2-5-9-16(13)20-17(21)12-23-18(22)11-10-14-7-3-4-8-15(14)19/h3-4,7-8,10-11,13,16H,2,5-6,9,12H2,1H3,(H,20,21)/b11-10+/t13-,16-/m0/s1. The van der Waals surface area contributed by atoms with Gasteiger partial charge in [-0.15, -0.1) is 0 Å². The molecule has 1 fully saturated rings. The maximum atomic E-state index is 11.9. The minimum Gasteiger partial charge on any atom is -0.452 e. The molecule has 2 rings (SSSR count). The Hall–Kier alpha value is -1.81. The van der Waals surface area contributed by atoms with E-state index in [4.69, 9.17) is 16.3 Å². The second-order valence-corrected chi connectivity index (χ2v) is 6.31. The van der Waals surface area contributed by atoms with Crippen molar-refractivity contribution in [3.8, 4) is 0 Å². The van der Waals surface area contributed by atoms with E-state index >= 15 is 0 Å². The molecule has 1 aliphatic rings. The van der Waals surface area contributed by atoms with Gasteiger partial charge in [0.05, 0.1) is 0 Å². The van der Waals surface area contributed by atoms with Crippen LogP contribution in [-0.2, 0) is 14.3 Å². The SMILES string of the molecule is C[C@H]1CCCC[C@@H]1NC(=O)COC(=O)/C=C/c1ccccc1Cl. The van der Waals surface area contributed by atoms with E-state index in [1.54, 1.807) is 18.2 Å². The van der Waals surface area contributed by atoms with Crippen LogP contribution in [0, 0.1) is 5.92 Å².